The average molecular weight is 396 g/mol. The number of fused-ring (bicyclic) bond motifs is 1. The number of pyridine rings is 1. The van der Waals surface area contributed by atoms with Gasteiger partial charge < -0.3 is 14.5 Å². The summed E-state index contributed by atoms with van der Waals surface area (Å²) in [5, 5.41) is 5.21. The Morgan fingerprint density at radius 2 is 1.96 bits per heavy atom. The standard InChI is InChI=1S/C21H25N5OS/c1-15-4-3-5-17(12-15)25-7-9-26(10-8-25)21(28)24-23-18-6-11-27-19-13-16(2)14-22-20(18)19/h3-5,12-14H,6-11H2,1-2H3,(H,24,28)/b23-18-. The van der Waals surface area contributed by atoms with Gasteiger partial charge in [0, 0.05) is 44.5 Å². The monoisotopic (exact) mass is 395 g/mol. The molecule has 1 saturated heterocycles. The number of thiocarbonyl (C=S) groups is 1. The average Bonchev–Trinajstić information content (AvgIpc) is 2.72. The van der Waals surface area contributed by atoms with Gasteiger partial charge in [0.05, 0.1) is 12.3 Å². The first-order valence-corrected chi connectivity index (χ1v) is 10.0. The number of nitrogens with one attached hydrogen (secondary N) is 1. The topological polar surface area (TPSA) is 53.0 Å². The van der Waals surface area contributed by atoms with Gasteiger partial charge in [0.25, 0.3) is 0 Å². The zero-order chi connectivity index (χ0) is 19.5. The fourth-order valence-corrected chi connectivity index (χ4v) is 3.76. The lowest BCUT2D eigenvalue weighted by atomic mass is 10.1. The molecule has 0 atom stereocenters. The second kappa shape index (κ2) is 8.14. The molecule has 2 aromatic rings. The Balaban J connectivity index is 1.36. The molecule has 0 aliphatic carbocycles. The summed E-state index contributed by atoms with van der Waals surface area (Å²) in [5.74, 6) is 0.796. The second-order valence-corrected chi connectivity index (χ2v) is 7.63. The van der Waals surface area contributed by atoms with Crippen LogP contribution < -0.4 is 15.1 Å². The molecule has 1 aromatic heterocycles. The van der Waals surface area contributed by atoms with Crippen LogP contribution in [0.5, 0.6) is 5.75 Å². The van der Waals surface area contributed by atoms with E-state index < -0.39 is 0 Å². The van der Waals surface area contributed by atoms with Gasteiger partial charge in [0.2, 0.25) is 0 Å². The highest BCUT2D eigenvalue weighted by atomic mass is 32.1. The molecule has 0 bridgehead atoms. The van der Waals surface area contributed by atoms with Crippen molar-refractivity contribution < 1.29 is 4.74 Å². The van der Waals surface area contributed by atoms with E-state index in [1.54, 1.807) is 0 Å². The van der Waals surface area contributed by atoms with E-state index in [2.05, 4.69) is 56.5 Å². The van der Waals surface area contributed by atoms with E-state index in [9.17, 15) is 0 Å². The van der Waals surface area contributed by atoms with Gasteiger partial charge in [-0.25, -0.2) is 0 Å². The van der Waals surface area contributed by atoms with Crippen LogP contribution >= 0.6 is 12.2 Å². The summed E-state index contributed by atoms with van der Waals surface area (Å²) in [4.78, 5) is 9.06. The van der Waals surface area contributed by atoms with Crippen LogP contribution in [0, 0.1) is 13.8 Å². The molecule has 3 heterocycles. The number of rotatable bonds is 2. The number of piperazine rings is 1. The Morgan fingerprint density at radius 1 is 1.14 bits per heavy atom. The summed E-state index contributed by atoms with van der Waals surface area (Å²) in [6, 6.07) is 10.6. The van der Waals surface area contributed by atoms with Crippen LogP contribution in [0.15, 0.2) is 41.6 Å². The van der Waals surface area contributed by atoms with Gasteiger partial charge in [-0.3, -0.25) is 10.4 Å². The number of hydrazone groups is 1. The lowest BCUT2D eigenvalue weighted by molar-refractivity contribution is 0.317. The Labute approximate surface area is 171 Å². The van der Waals surface area contributed by atoms with E-state index >= 15 is 0 Å². The Kier molecular flexibility index (Phi) is 5.43. The van der Waals surface area contributed by atoms with Crippen molar-refractivity contribution in [1.29, 1.82) is 0 Å². The van der Waals surface area contributed by atoms with Crippen LogP contribution in [0.4, 0.5) is 5.69 Å². The van der Waals surface area contributed by atoms with E-state index in [0.717, 1.165) is 55.3 Å². The molecule has 6 nitrogen and oxygen atoms in total. The molecule has 7 heteroatoms. The molecular weight excluding hydrogens is 370 g/mol. The van der Waals surface area contributed by atoms with Crippen LogP contribution in [0.25, 0.3) is 0 Å². The largest absolute Gasteiger partial charge is 0.491 e. The SMILES string of the molecule is Cc1cccc(N2CCN(C(=S)N/N=C3/CCOc4cc(C)cnc43)CC2)c1. The summed E-state index contributed by atoms with van der Waals surface area (Å²) in [7, 11) is 0. The van der Waals surface area contributed by atoms with E-state index in [1.807, 2.05) is 19.2 Å². The third-order valence-electron chi connectivity index (χ3n) is 5.08. The van der Waals surface area contributed by atoms with Crippen LogP contribution in [0.2, 0.25) is 0 Å². The molecule has 0 amide bonds. The summed E-state index contributed by atoms with van der Waals surface area (Å²) in [6.07, 6.45) is 2.56. The summed E-state index contributed by atoms with van der Waals surface area (Å²) < 4.78 is 5.70. The van der Waals surface area contributed by atoms with Crippen molar-refractivity contribution in [2.75, 3.05) is 37.7 Å². The third-order valence-corrected chi connectivity index (χ3v) is 5.43. The highest BCUT2D eigenvalue weighted by Crippen LogP contribution is 2.24. The van der Waals surface area contributed by atoms with Gasteiger partial charge in [-0.1, -0.05) is 12.1 Å². The minimum absolute atomic E-state index is 0.612. The number of anilines is 1. The summed E-state index contributed by atoms with van der Waals surface area (Å²) in [6.45, 7) is 8.39. The lowest BCUT2D eigenvalue weighted by Crippen LogP contribution is -2.51. The van der Waals surface area contributed by atoms with Crippen molar-refractivity contribution in [1.82, 2.24) is 15.3 Å². The van der Waals surface area contributed by atoms with Gasteiger partial charge in [-0.2, -0.15) is 5.10 Å². The number of hydrogen-bond donors (Lipinski definition) is 1. The Morgan fingerprint density at radius 3 is 2.75 bits per heavy atom. The van der Waals surface area contributed by atoms with E-state index in [4.69, 9.17) is 17.0 Å². The number of hydrogen-bond acceptors (Lipinski definition) is 5. The Bertz CT molecular complexity index is 905. The summed E-state index contributed by atoms with van der Waals surface area (Å²) in [5.41, 5.74) is 8.41. The lowest BCUT2D eigenvalue weighted by Gasteiger charge is -2.37. The second-order valence-electron chi connectivity index (χ2n) is 7.25. The van der Waals surface area contributed by atoms with E-state index in [1.165, 1.54) is 11.3 Å². The van der Waals surface area contributed by atoms with Crippen molar-refractivity contribution in [3.05, 3.63) is 53.3 Å². The van der Waals surface area contributed by atoms with E-state index in [-0.39, 0.29) is 0 Å². The molecule has 1 N–H and O–H groups in total. The van der Waals surface area contributed by atoms with Crippen molar-refractivity contribution in [2.24, 2.45) is 5.10 Å². The first kappa shape index (κ1) is 18.7. The van der Waals surface area contributed by atoms with Crippen molar-refractivity contribution in [3.8, 4) is 5.75 Å². The molecule has 1 fully saturated rings. The zero-order valence-corrected chi connectivity index (χ0v) is 17.1. The predicted molar refractivity (Wildman–Crippen MR) is 116 cm³/mol. The maximum absolute atomic E-state index is 5.70. The molecule has 28 heavy (non-hydrogen) atoms. The van der Waals surface area contributed by atoms with Gasteiger partial charge in [0.1, 0.15) is 11.4 Å². The molecule has 146 valence electrons. The molecular formula is C21H25N5OS. The minimum Gasteiger partial charge on any atom is -0.491 e. The first-order valence-electron chi connectivity index (χ1n) is 9.63. The van der Waals surface area contributed by atoms with Crippen LogP contribution in [0.1, 0.15) is 23.2 Å². The van der Waals surface area contributed by atoms with Crippen molar-refractivity contribution in [3.63, 3.8) is 0 Å². The number of benzene rings is 1. The third kappa shape index (κ3) is 4.09. The molecule has 0 unspecified atom stereocenters. The van der Waals surface area contributed by atoms with Gasteiger partial charge in [-0.15, -0.1) is 0 Å². The van der Waals surface area contributed by atoms with Crippen LogP contribution in [-0.2, 0) is 0 Å². The molecule has 1 aromatic carbocycles. The number of ether oxygens (including phenoxy) is 1. The number of aromatic nitrogens is 1. The molecule has 0 spiro atoms. The number of aryl methyl sites for hydroxylation is 2. The normalized spacial score (nSPS) is 17.9. The maximum atomic E-state index is 5.70. The quantitative estimate of drug-likeness (QED) is 0.623. The molecule has 0 radical (unpaired) electrons. The highest BCUT2D eigenvalue weighted by Gasteiger charge is 2.21. The predicted octanol–water partition coefficient (Wildman–Crippen LogP) is 2.88. The molecule has 2 aliphatic heterocycles. The maximum Gasteiger partial charge on any atom is 0.189 e. The van der Waals surface area contributed by atoms with Gasteiger partial charge in [-0.05, 0) is 55.4 Å². The summed E-state index contributed by atoms with van der Waals surface area (Å²) >= 11 is 5.58. The minimum atomic E-state index is 0.612. The molecule has 4 rings (SSSR count). The first-order chi connectivity index (χ1) is 13.6. The van der Waals surface area contributed by atoms with Gasteiger partial charge >= 0.3 is 0 Å². The smallest absolute Gasteiger partial charge is 0.189 e. The number of nitrogens with zero attached hydrogens (tertiary/aromatic N) is 4. The van der Waals surface area contributed by atoms with E-state index in [0.29, 0.717) is 11.7 Å². The van der Waals surface area contributed by atoms with Crippen LogP contribution in [-0.4, -0.2) is 53.5 Å². The van der Waals surface area contributed by atoms with Crippen molar-refractivity contribution >= 4 is 28.7 Å². The zero-order valence-electron chi connectivity index (χ0n) is 16.3. The molecule has 0 saturated carbocycles. The molecule has 2 aliphatic rings. The fourth-order valence-electron chi connectivity index (χ4n) is 3.53. The van der Waals surface area contributed by atoms with Crippen molar-refractivity contribution in [2.45, 2.75) is 20.3 Å². The fraction of sp³-hybridized carbons (Fsp3) is 0.381. The van der Waals surface area contributed by atoms with Gasteiger partial charge in [0.15, 0.2) is 5.11 Å². The van der Waals surface area contributed by atoms with Crippen LogP contribution in [0.3, 0.4) is 0 Å². The Hall–Kier alpha value is -2.67. The highest BCUT2D eigenvalue weighted by molar-refractivity contribution is 7.80.